The number of carbonyl (C=O) groups excluding carboxylic acids is 4. The molecule has 10 nitrogen and oxygen atoms in total. The molecule has 3 aromatic rings. The number of rotatable bonds is 6. The maximum Gasteiger partial charge on any atom is 0.277 e. The molecule has 1 atom stereocenters. The highest BCUT2D eigenvalue weighted by atomic mass is 16.5. The lowest BCUT2D eigenvalue weighted by Gasteiger charge is -2.29. The highest BCUT2D eigenvalue weighted by Crippen LogP contribution is 2.30. The number of aromatic nitrogens is 2. The zero-order valence-electron chi connectivity index (χ0n) is 18.8. The van der Waals surface area contributed by atoms with Gasteiger partial charge >= 0.3 is 0 Å². The van der Waals surface area contributed by atoms with Crippen molar-refractivity contribution in [2.24, 2.45) is 0 Å². The summed E-state index contributed by atoms with van der Waals surface area (Å²) in [6.07, 6.45) is 1.34. The number of amides is 4. The van der Waals surface area contributed by atoms with Crippen molar-refractivity contribution >= 4 is 23.6 Å². The molecule has 2 aliphatic rings. The van der Waals surface area contributed by atoms with Crippen molar-refractivity contribution in [3.05, 3.63) is 72.3 Å². The molecule has 1 fully saturated rings. The predicted molar refractivity (Wildman–Crippen MR) is 123 cm³/mol. The third-order valence-electron chi connectivity index (χ3n) is 5.96. The third-order valence-corrected chi connectivity index (χ3v) is 5.96. The first kappa shape index (κ1) is 22.2. The number of hydrogen-bond acceptors (Lipinski definition) is 8. The van der Waals surface area contributed by atoms with E-state index in [2.05, 4.69) is 15.5 Å². The largest absolute Gasteiger partial charge is 0.361 e. The van der Waals surface area contributed by atoms with Crippen LogP contribution in [0.3, 0.4) is 0 Å². The maximum absolute atomic E-state index is 13.0. The highest BCUT2D eigenvalue weighted by Gasteiger charge is 2.43. The van der Waals surface area contributed by atoms with E-state index in [1.165, 1.54) is 11.0 Å². The van der Waals surface area contributed by atoms with Gasteiger partial charge in [0.15, 0.2) is 0 Å². The Bertz CT molecular complexity index is 1360. The van der Waals surface area contributed by atoms with Gasteiger partial charge in [0, 0.05) is 25.1 Å². The van der Waals surface area contributed by atoms with Crippen molar-refractivity contribution in [1.29, 1.82) is 0 Å². The zero-order valence-corrected chi connectivity index (χ0v) is 18.8. The van der Waals surface area contributed by atoms with Gasteiger partial charge in [-0.15, -0.1) is 0 Å². The smallest absolute Gasteiger partial charge is 0.277 e. The first-order valence-corrected chi connectivity index (χ1v) is 11.0. The maximum atomic E-state index is 13.0. The third kappa shape index (κ3) is 4.21. The fraction of sp³-hybridized carbons (Fsp3) is 0.200. The summed E-state index contributed by atoms with van der Waals surface area (Å²) in [6, 6.07) is 16.5. The molecule has 0 radical (unpaired) electrons. The van der Waals surface area contributed by atoms with Crippen LogP contribution < -0.4 is 5.32 Å². The minimum absolute atomic E-state index is 0.0633. The number of benzene rings is 2. The minimum Gasteiger partial charge on any atom is -0.361 e. The van der Waals surface area contributed by atoms with Gasteiger partial charge in [-0.3, -0.25) is 29.4 Å². The molecule has 10 heteroatoms. The molecule has 1 unspecified atom stereocenters. The van der Waals surface area contributed by atoms with Crippen molar-refractivity contribution in [2.45, 2.75) is 25.4 Å². The molecule has 2 aromatic carbocycles. The molecule has 2 aliphatic heterocycles. The molecule has 0 spiro atoms. The fourth-order valence-corrected chi connectivity index (χ4v) is 4.23. The average Bonchev–Trinajstić information content (AvgIpc) is 3.44. The lowest BCUT2D eigenvalue weighted by molar-refractivity contribution is -0.150. The molecule has 1 saturated heterocycles. The second-order valence-electron chi connectivity index (χ2n) is 8.29. The van der Waals surface area contributed by atoms with Gasteiger partial charge in [-0.25, -0.2) is 0 Å². The summed E-state index contributed by atoms with van der Waals surface area (Å²) in [5.41, 5.74) is 2.86. The molecule has 1 N–H and O–H groups in total. The van der Waals surface area contributed by atoms with E-state index in [-0.39, 0.29) is 31.0 Å². The number of hydrogen-bond donors (Lipinski definition) is 1. The number of nitrogens with zero attached hydrogens (tertiary/aromatic N) is 4. The van der Waals surface area contributed by atoms with E-state index in [1.54, 1.807) is 7.05 Å². The van der Waals surface area contributed by atoms with Gasteiger partial charge in [0.2, 0.25) is 23.5 Å². The van der Waals surface area contributed by atoms with Gasteiger partial charge in [-0.05, 0) is 17.5 Å². The summed E-state index contributed by atoms with van der Waals surface area (Å²) >= 11 is 0. The summed E-state index contributed by atoms with van der Waals surface area (Å²) in [6.45, 7) is 0.0779. The van der Waals surface area contributed by atoms with Crippen LogP contribution in [0.25, 0.3) is 22.5 Å². The topological polar surface area (TPSA) is 126 Å². The van der Waals surface area contributed by atoms with Gasteiger partial charge in [-0.2, -0.15) is 4.98 Å². The number of likely N-dealkylation sites (N-methyl/N-ethyl adjacent to an activating group) is 1. The Balaban J connectivity index is 1.32. The SMILES string of the molecule is CN(Cc1nc(-c2ccccc2-c2ccccc2)no1)C1=CC(=O)N(C2CCC(=O)NC2=O)C1=O. The van der Waals surface area contributed by atoms with E-state index >= 15 is 0 Å². The zero-order chi connectivity index (χ0) is 24.5. The Labute approximate surface area is 200 Å². The number of imide groups is 2. The molecule has 5 rings (SSSR count). The van der Waals surface area contributed by atoms with Crippen molar-refractivity contribution in [1.82, 2.24) is 25.3 Å². The van der Waals surface area contributed by atoms with Crippen LogP contribution in [0.5, 0.6) is 0 Å². The minimum atomic E-state index is -1.01. The molecule has 35 heavy (non-hydrogen) atoms. The normalized spacial score (nSPS) is 18.0. The van der Waals surface area contributed by atoms with Gasteiger partial charge in [-0.1, -0.05) is 59.8 Å². The van der Waals surface area contributed by atoms with E-state index in [0.717, 1.165) is 21.6 Å². The van der Waals surface area contributed by atoms with Crippen LogP contribution in [-0.2, 0) is 25.7 Å². The Kier molecular flexibility index (Phi) is 5.69. The number of piperidine rings is 1. The van der Waals surface area contributed by atoms with Crippen LogP contribution in [0.4, 0.5) is 0 Å². The van der Waals surface area contributed by atoms with Crippen LogP contribution in [0, 0.1) is 0 Å². The summed E-state index contributed by atoms with van der Waals surface area (Å²) in [4.78, 5) is 56.0. The summed E-state index contributed by atoms with van der Waals surface area (Å²) < 4.78 is 5.43. The predicted octanol–water partition coefficient (Wildman–Crippen LogP) is 1.89. The highest BCUT2D eigenvalue weighted by molar-refractivity contribution is 6.18. The molecule has 4 amide bonds. The van der Waals surface area contributed by atoms with E-state index in [0.29, 0.717) is 5.82 Å². The van der Waals surface area contributed by atoms with Crippen molar-refractivity contribution in [3.63, 3.8) is 0 Å². The van der Waals surface area contributed by atoms with Gasteiger partial charge in [0.1, 0.15) is 11.7 Å². The lowest BCUT2D eigenvalue weighted by Crippen LogP contribution is -2.54. The van der Waals surface area contributed by atoms with E-state index in [1.807, 2.05) is 54.6 Å². The van der Waals surface area contributed by atoms with Crippen LogP contribution in [-0.4, -0.2) is 56.7 Å². The Morgan fingerprint density at radius 1 is 1.03 bits per heavy atom. The fourth-order valence-electron chi connectivity index (χ4n) is 4.23. The van der Waals surface area contributed by atoms with Gasteiger partial charge in [0.05, 0.1) is 6.54 Å². The quantitative estimate of drug-likeness (QED) is 0.541. The molecule has 0 bridgehead atoms. The van der Waals surface area contributed by atoms with E-state index in [4.69, 9.17) is 4.52 Å². The molecular formula is C25H21N5O5. The monoisotopic (exact) mass is 471 g/mol. The van der Waals surface area contributed by atoms with Crippen LogP contribution >= 0.6 is 0 Å². The lowest BCUT2D eigenvalue weighted by atomic mass is 9.99. The van der Waals surface area contributed by atoms with Gasteiger partial charge < -0.3 is 9.42 Å². The number of carbonyl (C=O) groups is 4. The van der Waals surface area contributed by atoms with Crippen molar-refractivity contribution < 1.29 is 23.7 Å². The number of nitrogens with one attached hydrogen (secondary N) is 1. The second kappa shape index (κ2) is 8.98. The van der Waals surface area contributed by atoms with Crippen molar-refractivity contribution in [2.75, 3.05) is 7.05 Å². The van der Waals surface area contributed by atoms with Crippen LogP contribution in [0.1, 0.15) is 18.7 Å². The van der Waals surface area contributed by atoms with Crippen LogP contribution in [0.2, 0.25) is 0 Å². The molecule has 0 aliphatic carbocycles. The van der Waals surface area contributed by atoms with E-state index in [9.17, 15) is 19.2 Å². The Hall–Kier alpha value is -4.60. The van der Waals surface area contributed by atoms with Crippen LogP contribution in [0.15, 0.2) is 70.9 Å². The summed E-state index contributed by atoms with van der Waals surface area (Å²) in [5.74, 6) is -1.63. The standard InChI is InChI=1S/C25H21N5O5/c1-29(19-13-22(32)30(25(19)34)18-11-12-20(31)26-24(18)33)14-21-27-23(28-35-21)17-10-6-5-9-16(17)15-7-3-2-4-8-15/h2-10,13,18H,11-12,14H2,1H3,(H,26,31,33). The average molecular weight is 471 g/mol. The second-order valence-corrected chi connectivity index (χ2v) is 8.29. The first-order chi connectivity index (χ1) is 16.9. The molecule has 0 saturated carbocycles. The summed E-state index contributed by atoms with van der Waals surface area (Å²) in [7, 11) is 1.62. The molecular weight excluding hydrogens is 450 g/mol. The summed E-state index contributed by atoms with van der Waals surface area (Å²) in [5, 5.41) is 6.28. The Morgan fingerprint density at radius 3 is 2.49 bits per heavy atom. The van der Waals surface area contributed by atoms with Gasteiger partial charge in [0.25, 0.3) is 11.8 Å². The molecule has 3 heterocycles. The molecule has 1 aromatic heterocycles. The van der Waals surface area contributed by atoms with Crippen molar-refractivity contribution in [3.8, 4) is 22.5 Å². The molecule has 176 valence electrons. The van der Waals surface area contributed by atoms with E-state index < -0.39 is 29.7 Å². The Morgan fingerprint density at radius 2 is 1.74 bits per heavy atom. The first-order valence-electron chi connectivity index (χ1n) is 11.0.